The van der Waals surface area contributed by atoms with Crippen LogP contribution in [0.2, 0.25) is 0 Å². The highest BCUT2D eigenvalue weighted by Gasteiger charge is 2.17. The van der Waals surface area contributed by atoms with E-state index in [1.165, 1.54) is 58.3 Å². The molecule has 2 fully saturated rings. The Hall–Kier alpha value is -0.120. The molecule has 2 heterocycles. The average Bonchev–Trinajstić information content (AvgIpc) is 2.39. The summed E-state index contributed by atoms with van der Waals surface area (Å²) in [6.07, 6.45) is 6.68. The van der Waals surface area contributed by atoms with E-state index in [1.807, 2.05) is 0 Å². The van der Waals surface area contributed by atoms with Gasteiger partial charge < -0.3 is 15.0 Å². The van der Waals surface area contributed by atoms with Crippen LogP contribution in [0, 0.1) is 11.8 Å². The lowest BCUT2D eigenvalue weighted by Gasteiger charge is -2.29. The van der Waals surface area contributed by atoms with Gasteiger partial charge in [-0.15, -0.1) is 0 Å². The Labute approximate surface area is 106 Å². The molecule has 3 heteroatoms. The van der Waals surface area contributed by atoms with E-state index in [2.05, 4.69) is 17.3 Å². The van der Waals surface area contributed by atoms with Crippen LogP contribution in [0.4, 0.5) is 0 Å². The van der Waals surface area contributed by atoms with E-state index < -0.39 is 0 Å². The summed E-state index contributed by atoms with van der Waals surface area (Å²) in [7, 11) is 2.28. The van der Waals surface area contributed by atoms with Gasteiger partial charge in [-0.25, -0.2) is 0 Å². The second-order valence-corrected chi connectivity index (χ2v) is 5.82. The molecule has 0 aromatic carbocycles. The number of hydrogen-bond acceptors (Lipinski definition) is 3. The quantitative estimate of drug-likeness (QED) is 0.792. The van der Waals surface area contributed by atoms with Gasteiger partial charge in [-0.05, 0) is 70.6 Å². The van der Waals surface area contributed by atoms with Crippen LogP contribution in [0.25, 0.3) is 0 Å². The van der Waals surface area contributed by atoms with Crippen LogP contribution < -0.4 is 5.32 Å². The Balaban J connectivity index is 1.57. The van der Waals surface area contributed by atoms with Crippen LogP contribution in [0.1, 0.15) is 32.1 Å². The van der Waals surface area contributed by atoms with Crippen LogP contribution in [0.5, 0.6) is 0 Å². The molecule has 1 N–H and O–H groups in total. The van der Waals surface area contributed by atoms with Crippen molar-refractivity contribution >= 4 is 0 Å². The third kappa shape index (κ3) is 4.94. The lowest BCUT2D eigenvalue weighted by Crippen LogP contribution is -2.34. The third-order valence-corrected chi connectivity index (χ3v) is 4.23. The molecule has 0 aromatic rings. The molecule has 100 valence electrons. The van der Waals surface area contributed by atoms with Crippen LogP contribution in [0.15, 0.2) is 0 Å². The molecular weight excluding hydrogens is 212 g/mol. The van der Waals surface area contributed by atoms with E-state index in [-0.39, 0.29) is 0 Å². The van der Waals surface area contributed by atoms with E-state index in [0.717, 1.165) is 25.0 Å². The van der Waals surface area contributed by atoms with Gasteiger partial charge in [-0.2, -0.15) is 0 Å². The minimum atomic E-state index is 0.873. The van der Waals surface area contributed by atoms with Crippen molar-refractivity contribution in [2.45, 2.75) is 32.1 Å². The topological polar surface area (TPSA) is 24.5 Å². The maximum Gasteiger partial charge on any atom is 0.0469 e. The molecule has 0 saturated carbocycles. The molecule has 17 heavy (non-hydrogen) atoms. The number of nitrogens with one attached hydrogen (secondary N) is 1. The Morgan fingerprint density at radius 3 is 2.71 bits per heavy atom. The fourth-order valence-electron chi connectivity index (χ4n) is 3.03. The van der Waals surface area contributed by atoms with Gasteiger partial charge in [0.15, 0.2) is 0 Å². The summed E-state index contributed by atoms with van der Waals surface area (Å²) in [6.45, 7) is 6.96. The first-order valence-electron chi connectivity index (χ1n) is 7.31. The molecule has 0 radical (unpaired) electrons. The fraction of sp³-hybridized carbons (Fsp3) is 1.00. The van der Waals surface area contributed by atoms with E-state index in [0.29, 0.717) is 0 Å². The minimum absolute atomic E-state index is 0.873. The Kier molecular flexibility index (Phi) is 5.75. The highest BCUT2D eigenvalue weighted by molar-refractivity contribution is 4.72. The van der Waals surface area contributed by atoms with Crippen molar-refractivity contribution < 1.29 is 4.74 Å². The van der Waals surface area contributed by atoms with E-state index in [4.69, 9.17) is 4.74 Å². The van der Waals surface area contributed by atoms with Gasteiger partial charge in [0.2, 0.25) is 0 Å². The zero-order chi connectivity index (χ0) is 11.9. The van der Waals surface area contributed by atoms with Gasteiger partial charge in [0.1, 0.15) is 0 Å². The molecule has 0 aromatic heterocycles. The first kappa shape index (κ1) is 13.3. The lowest BCUT2D eigenvalue weighted by molar-refractivity contribution is 0.0550. The van der Waals surface area contributed by atoms with E-state index >= 15 is 0 Å². The molecule has 2 aliphatic rings. The minimum Gasteiger partial charge on any atom is -0.381 e. The third-order valence-electron chi connectivity index (χ3n) is 4.23. The van der Waals surface area contributed by atoms with Crippen molar-refractivity contribution in [3.8, 4) is 0 Å². The number of hydrogen-bond donors (Lipinski definition) is 1. The summed E-state index contributed by atoms with van der Waals surface area (Å²) >= 11 is 0. The van der Waals surface area contributed by atoms with Gasteiger partial charge in [0, 0.05) is 19.8 Å². The smallest absolute Gasteiger partial charge is 0.0469 e. The second-order valence-electron chi connectivity index (χ2n) is 5.82. The maximum absolute atomic E-state index is 5.41. The first-order valence-corrected chi connectivity index (χ1v) is 7.31. The van der Waals surface area contributed by atoms with Crippen molar-refractivity contribution in [2.75, 3.05) is 46.4 Å². The number of nitrogens with zero attached hydrogens (tertiary/aromatic N) is 1. The van der Waals surface area contributed by atoms with Crippen molar-refractivity contribution in [1.82, 2.24) is 10.2 Å². The predicted molar refractivity (Wildman–Crippen MR) is 71.3 cm³/mol. The average molecular weight is 240 g/mol. The summed E-state index contributed by atoms with van der Waals surface area (Å²) in [5, 5.41) is 3.50. The maximum atomic E-state index is 5.41. The van der Waals surface area contributed by atoms with Crippen molar-refractivity contribution in [1.29, 1.82) is 0 Å². The fourth-order valence-corrected chi connectivity index (χ4v) is 3.03. The van der Waals surface area contributed by atoms with Crippen LogP contribution in [-0.2, 0) is 4.74 Å². The molecule has 2 rings (SSSR count). The van der Waals surface area contributed by atoms with Gasteiger partial charge in [0.05, 0.1) is 0 Å². The highest BCUT2D eigenvalue weighted by Crippen LogP contribution is 2.17. The Bertz CT molecular complexity index is 198. The first-order chi connectivity index (χ1) is 8.34. The van der Waals surface area contributed by atoms with Crippen molar-refractivity contribution in [3.05, 3.63) is 0 Å². The van der Waals surface area contributed by atoms with E-state index in [1.54, 1.807) is 0 Å². The molecular formula is C14H28N2O. The van der Waals surface area contributed by atoms with Gasteiger partial charge in [-0.1, -0.05) is 0 Å². The van der Waals surface area contributed by atoms with Gasteiger partial charge >= 0.3 is 0 Å². The Morgan fingerprint density at radius 2 is 2.00 bits per heavy atom. The summed E-state index contributed by atoms with van der Waals surface area (Å²) in [5.74, 6) is 1.79. The molecule has 2 aliphatic heterocycles. The van der Waals surface area contributed by atoms with Crippen LogP contribution >= 0.6 is 0 Å². The predicted octanol–water partition coefficient (Wildman–Crippen LogP) is 1.73. The van der Waals surface area contributed by atoms with Crippen LogP contribution in [-0.4, -0.2) is 51.3 Å². The summed E-state index contributed by atoms with van der Waals surface area (Å²) in [5.41, 5.74) is 0. The van der Waals surface area contributed by atoms with Crippen molar-refractivity contribution in [2.24, 2.45) is 11.8 Å². The molecule has 1 atom stereocenters. The molecule has 0 spiro atoms. The zero-order valence-corrected chi connectivity index (χ0v) is 11.3. The second kappa shape index (κ2) is 7.34. The SMILES string of the molecule is CN(CC[C@@H]1CCCNC1)CC1CCOCC1. The normalized spacial score (nSPS) is 27.5. The molecule has 0 amide bonds. The lowest BCUT2D eigenvalue weighted by atomic mass is 9.95. The molecule has 2 saturated heterocycles. The summed E-state index contributed by atoms with van der Waals surface area (Å²) in [4.78, 5) is 2.53. The van der Waals surface area contributed by atoms with Crippen molar-refractivity contribution in [3.63, 3.8) is 0 Å². The van der Waals surface area contributed by atoms with Gasteiger partial charge in [-0.3, -0.25) is 0 Å². The number of ether oxygens (including phenoxy) is 1. The molecule has 0 bridgehead atoms. The Morgan fingerprint density at radius 1 is 1.18 bits per heavy atom. The molecule has 3 nitrogen and oxygen atoms in total. The molecule has 0 unspecified atom stereocenters. The molecule has 0 aliphatic carbocycles. The largest absolute Gasteiger partial charge is 0.381 e. The van der Waals surface area contributed by atoms with Crippen LogP contribution in [0.3, 0.4) is 0 Å². The highest BCUT2D eigenvalue weighted by atomic mass is 16.5. The van der Waals surface area contributed by atoms with Gasteiger partial charge in [0.25, 0.3) is 0 Å². The number of piperidine rings is 1. The number of rotatable bonds is 5. The summed E-state index contributed by atoms with van der Waals surface area (Å²) in [6, 6.07) is 0. The summed E-state index contributed by atoms with van der Waals surface area (Å²) < 4.78 is 5.41. The standard InChI is InChI=1S/C14H28N2O/c1-16(12-14-5-9-17-10-6-14)8-4-13-3-2-7-15-11-13/h13-15H,2-12H2,1H3/t13-/m0/s1. The monoisotopic (exact) mass is 240 g/mol. The zero-order valence-electron chi connectivity index (χ0n) is 11.3. The van der Waals surface area contributed by atoms with E-state index in [9.17, 15) is 0 Å².